The maximum atomic E-state index is 12.2. The zero-order valence-corrected chi connectivity index (χ0v) is 19.1. The van der Waals surface area contributed by atoms with Gasteiger partial charge >= 0.3 is 0 Å². The predicted octanol–water partition coefficient (Wildman–Crippen LogP) is 5.80. The Morgan fingerprint density at radius 3 is 2.45 bits per heavy atom. The summed E-state index contributed by atoms with van der Waals surface area (Å²) in [5.41, 5.74) is 3.21. The number of hydrogen-bond donors (Lipinski definition) is 2. The first-order valence-corrected chi connectivity index (χ1v) is 11.5. The Balaban J connectivity index is 1.43. The van der Waals surface area contributed by atoms with Gasteiger partial charge in [0.25, 0.3) is 0 Å². The average Bonchev–Trinajstić information content (AvgIpc) is 3.60. The number of fused-ring (bicyclic) bond motifs is 3. The van der Waals surface area contributed by atoms with Crippen molar-refractivity contribution in [3.8, 4) is 11.4 Å². The summed E-state index contributed by atoms with van der Waals surface area (Å²) in [7, 11) is 0. The van der Waals surface area contributed by atoms with E-state index in [1.165, 1.54) is 0 Å². The van der Waals surface area contributed by atoms with Crippen molar-refractivity contribution >= 4 is 55.4 Å². The summed E-state index contributed by atoms with van der Waals surface area (Å²) >= 11 is 3.48. The molecule has 0 spiro atoms. The topological polar surface area (TPSA) is 84.2 Å². The molecule has 0 aliphatic heterocycles. The number of carbonyl (C=O) groups excluding carboxylic acids is 1. The van der Waals surface area contributed by atoms with Crippen molar-refractivity contribution in [3.05, 3.63) is 77.3 Å². The number of aromatic nitrogens is 4. The van der Waals surface area contributed by atoms with E-state index < -0.39 is 0 Å². The molecule has 6 rings (SSSR count). The highest BCUT2D eigenvalue weighted by atomic mass is 79.9. The van der Waals surface area contributed by atoms with Gasteiger partial charge < -0.3 is 10.6 Å². The van der Waals surface area contributed by atoms with E-state index in [1.54, 1.807) is 4.52 Å². The van der Waals surface area contributed by atoms with E-state index in [0.29, 0.717) is 17.3 Å². The van der Waals surface area contributed by atoms with Crippen LogP contribution in [0.1, 0.15) is 12.8 Å². The summed E-state index contributed by atoms with van der Waals surface area (Å²) in [5.74, 6) is 1.58. The molecule has 0 bridgehead atoms. The van der Waals surface area contributed by atoms with Crippen molar-refractivity contribution in [1.82, 2.24) is 19.8 Å². The third-order valence-corrected chi connectivity index (χ3v) is 6.24. The van der Waals surface area contributed by atoms with Crippen LogP contribution in [0.25, 0.3) is 27.8 Å². The van der Waals surface area contributed by atoms with E-state index in [4.69, 9.17) is 5.10 Å². The number of carbonyl (C=O) groups is 1. The minimum Gasteiger partial charge on any atom is -0.338 e. The van der Waals surface area contributed by atoms with Gasteiger partial charge in [0.05, 0.1) is 0 Å². The van der Waals surface area contributed by atoms with Crippen LogP contribution in [0.2, 0.25) is 0 Å². The van der Waals surface area contributed by atoms with E-state index in [2.05, 4.69) is 36.8 Å². The van der Waals surface area contributed by atoms with Gasteiger partial charge in [-0.25, -0.2) is 0 Å². The molecule has 3 aromatic carbocycles. The molecule has 5 aromatic rings. The third kappa shape index (κ3) is 3.82. The first kappa shape index (κ1) is 19.9. The Bertz CT molecular complexity index is 1510. The lowest BCUT2D eigenvalue weighted by molar-refractivity contribution is -0.117. The lowest BCUT2D eigenvalue weighted by Crippen LogP contribution is -2.13. The van der Waals surface area contributed by atoms with Crippen LogP contribution in [-0.4, -0.2) is 25.7 Å². The number of nitrogens with zero attached hydrogens (tertiary/aromatic N) is 4. The van der Waals surface area contributed by atoms with Crippen LogP contribution >= 0.6 is 15.9 Å². The highest BCUT2D eigenvalue weighted by molar-refractivity contribution is 9.10. The second-order valence-corrected chi connectivity index (χ2v) is 9.05. The number of benzene rings is 3. The molecule has 2 aromatic heterocycles. The van der Waals surface area contributed by atoms with Crippen molar-refractivity contribution in [2.75, 3.05) is 10.6 Å². The highest BCUT2D eigenvalue weighted by Crippen LogP contribution is 2.32. The highest BCUT2D eigenvalue weighted by Gasteiger charge is 2.29. The first-order chi connectivity index (χ1) is 16.2. The van der Waals surface area contributed by atoms with Gasteiger partial charge in [0.2, 0.25) is 5.91 Å². The summed E-state index contributed by atoms with van der Waals surface area (Å²) in [6.45, 7) is 0. The van der Waals surface area contributed by atoms with Crippen molar-refractivity contribution in [3.63, 3.8) is 0 Å². The quantitative estimate of drug-likeness (QED) is 0.320. The molecule has 2 N–H and O–H groups in total. The minimum atomic E-state index is 0.0840. The maximum Gasteiger partial charge on any atom is 0.227 e. The van der Waals surface area contributed by atoms with Crippen LogP contribution in [0.3, 0.4) is 0 Å². The third-order valence-electron chi connectivity index (χ3n) is 5.71. The lowest BCUT2D eigenvalue weighted by atomic mass is 10.1. The van der Waals surface area contributed by atoms with Crippen LogP contribution in [-0.2, 0) is 4.79 Å². The van der Waals surface area contributed by atoms with Crippen molar-refractivity contribution in [1.29, 1.82) is 0 Å². The van der Waals surface area contributed by atoms with Crippen molar-refractivity contribution in [2.45, 2.75) is 12.8 Å². The second kappa shape index (κ2) is 7.97. The standard InChI is InChI=1S/C25H19BrN6O/c26-17-12-10-15(11-13-17)23-29-30-24-21-7-2-1-6-20(21)22(31-32(23)24)27-18-4-3-5-19(14-18)28-25(33)16-8-9-16/h1-7,10-14,16H,8-9H2,(H,27,31)(H,28,33). The molecular weight excluding hydrogens is 480 g/mol. The van der Waals surface area contributed by atoms with E-state index in [-0.39, 0.29) is 11.8 Å². The van der Waals surface area contributed by atoms with E-state index in [0.717, 1.165) is 45.0 Å². The molecule has 162 valence electrons. The largest absolute Gasteiger partial charge is 0.338 e. The van der Waals surface area contributed by atoms with Gasteiger partial charge in [-0.15, -0.1) is 15.3 Å². The molecule has 1 aliphatic rings. The fourth-order valence-electron chi connectivity index (χ4n) is 3.85. The van der Waals surface area contributed by atoms with Crippen LogP contribution in [0.5, 0.6) is 0 Å². The lowest BCUT2D eigenvalue weighted by Gasteiger charge is -2.12. The number of amides is 1. The number of halogens is 1. The molecule has 1 saturated carbocycles. The maximum absolute atomic E-state index is 12.2. The van der Waals surface area contributed by atoms with Crippen LogP contribution in [0.15, 0.2) is 77.3 Å². The van der Waals surface area contributed by atoms with E-state index >= 15 is 0 Å². The fourth-order valence-corrected chi connectivity index (χ4v) is 4.12. The predicted molar refractivity (Wildman–Crippen MR) is 133 cm³/mol. The van der Waals surface area contributed by atoms with Gasteiger partial charge in [-0.3, -0.25) is 4.79 Å². The van der Waals surface area contributed by atoms with Crippen molar-refractivity contribution in [2.24, 2.45) is 5.92 Å². The summed E-state index contributed by atoms with van der Waals surface area (Å²) < 4.78 is 2.77. The van der Waals surface area contributed by atoms with Crippen LogP contribution in [0, 0.1) is 5.92 Å². The molecule has 2 heterocycles. The average molecular weight is 499 g/mol. The Labute approximate surface area is 198 Å². The monoisotopic (exact) mass is 498 g/mol. The van der Waals surface area contributed by atoms with Gasteiger partial charge in [-0.05, 0) is 43.2 Å². The van der Waals surface area contributed by atoms with Gasteiger partial charge in [-0.2, -0.15) is 4.52 Å². The molecule has 0 atom stereocenters. The Morgan fingerprint density at radius 1 is 0.909 bits per heavy atom. The summed E-state index contributed by atoms with van der Waals surface area (Å²) in [5, 5.41) is 22.0. The zero-order chi connectivity index (χ0) is 22.4. The number of rotatable bonds is 5. The Kier molecular flexibility index (Phi) is 4.80. The van der Waals surface area contributed by atoms with Crippen LogP contribution in [0.4, 0.5) is 17.2 Å². The minimum absolute atomic E-state index is 0.0840. The first-order valence-electron chi connectivity index (χ1n) is 10.7. The zero-order valence-electron chi connectivity index (χ0n) is 17.5. The van der Waals surface area contributed by atoms with Gasteiger partial charge in [0.15, 0.2) is 17.3 Å². The van der Waals surface area contributed by atoms with Gasteiger partial charge in [0.1, 0.15) is 0 Å². The number of nitrogens with one attached hydrogen (secondary N) is 2. The van der Waals surface area contributed by atoms with E-state index in [9.17, 15) is 4.79 Å². The fraction of sp³-hybridized carbons (Fsp3) is 0.120. The Morgan fingerprint density at radius 2 is 1.67 bits per heavy atom. The summed E-state index contributed by atoms with van der Waals surface area (Å²) in [6, 6.07) is 23.6. The molecule has 0 radical (unpaired) electrons. The van der Waals surface area contributed by atoms with Gasteiger partial charge in [-0.1, -0.05) is 58.4 Å². The molecule has 8 heteroatoms. The van der Waals surface area contributed by atoms with Gasteiger partial charge in [0, 0.05) is 38.1 Å². The number of hydrogen-bond acceptors (Lipinski definition) is 5. The molecule has 0 saturated heterocycles. The molecule has 33 heavy (non-hydrogen) atoms. The molecule has 1 fully saturated rings. The molecule has 1 aliphatic carbocycles. The van der Waals surface area contributed by atoms with E-state index in [1.807, 2.05) is 72.8 Å². The SMILES string of the molecule is O=C(Nc1cccc(Nc2nn3c(-c4ccc(Br)cc4)nnc3c3ccccc23)c1)C1CC1. The van der Waals surface area contributed by atoms with Crippen molar-refractivity contribution < 1.29 is 4.79 Å². The summed E-state index contributed by atoms with van der Waals surface area (Å²) in [4.78, 5) is 12.2. The second-order valence-electron chi connectivity index (χ2n) is 8.13. The molecule has 0 unspecified atom stereocenters. The smallest absolute Gasteiger partial charge is 0.227 e. The normalized spacial score (nSPS) is 13.4. The Hall–Kier alpha value is -3.78. The molecular formula is C25H19BrN6O. The summed E-state index contributed by atoms with van der Waals surface area (Å²) in [6.07, 6.45) is 1.94. The molecule has 1 amide bonds. The van der Waals surface area contributed by atoms with Crippen LogP contribution < -0.4 is 10.6 Å². The molecule has 7 nitrogen and oxygen atoms in total. The number of anilines is 3.